The fourth-order valence-electron chi connectivity index (χ4n) is 2.41. The number of nitrogens with two attached hydrogens (primary N) is 1. The van der Waals surface area contributed by atoms with E-state index in [0.29, 0.717) is 0 Å². The molecular formula is C17H21N3O2S. The second kappa shape index (κ2) is 7.00. The van der Waals surface area contributed by atoms with Crippen LogP contribution in [0, 0.1) is 19.8 Å². The summed E-state index contributed by atoms with van der Waals surface area (Å²) in [5, 5.41) is 3.60. The van der Waals surface area contributed by atoms with Crippen molar-refractivity contribution in [1.29, 1.82) is 0 Å². The first-order valence-corrected chi connectivity index (χ1v) is 8.31. The molecule has 0 saturated carbocycles. The number of hydrogen-bond acceptors (Lipinski definition) is 4. The molecule has 1 heterocycles. The number of para-hydroxylation sites is 1. The molecule has 2 aromatic rings. The number of hydrogen-bond donors (Lipinski definition) is 2. The number of pyridine rings is 1. The van der Waals surface area contributed by atoms with Gasteiger partial charge >= 0.3 is 6.03 Å². The van der Waals surface area contributed by atoms with Gasteiger partial charge in [-0.3, -0.25) is 10.1 Å². The zero-order valence-corrected chi connectivity index (χ0v) is 14.5. The Balaban J connectivity index is 2.37. The maximum absolute atomic E-state index is 12.2. The van der Waals surface area contributed by atoms with Crippen LogP contribution < -0.4 is 11.1 Å². The molecule has 0 radical (unpaired) electrons. The lowest BCUT2D eigenvalue weighted by molar-refractivity contribution is -0.120. The number of carbonyl (C=O) groups is 2. The summed E-state index contributed by atoms with van der Waals surface area (Å²) in [6, 6.07) is 7.21. The molecular weight excluding hydrogens is 310 g/mol. The van der Waals surface area contributed by atoms with E-state index in [2.05, 4.69) is 10.3 Å². The Labute approximate surface area is 140 Å². The third kappa shape index (κ3) is 4.01. The summed E-state index contributed by atoms with van der Waals surface area (Å²) in [4.78, 5) is 27.8. The maximum Gasteiger partial charge on any atom is 0.318 e. The van der Waals surface area contributed by atoms with E-state index in [1.165, 1.54) is 11.8 Å². The Morgan fingerprint density at radius 2 is 1.91 bits per heavy atom. The fourth-order valence-corrected chi connectivity index (χ4v) is 3.49. The normalized spacial score (nSPS) is 12.4. The van der Waals surface area contributed by atoms with E-state index in [4.69, 9.17) is 5.73 Å². The third-order valence-corrected chi connectivity index (χ3v) is 5.05. The average molecular weight is 331 g/mol. The van der Waals surface area contributed by atoms with Gasteiger partial charge in [0.1, 0.15) is 0 Å². The van der Waals surface area contributed by atoms with Crippen LogP contribution in [0.2, 0.25) is 0 Å². The number of carbonyl (C=O) groups excluding carboxylic acids is 2. The number of thioether (sulfide) groups is 1. The molecule has 0 spiro atoms. The Hall–Kier alpha value is -2.08. The largest absolute Gasteiger partial charge is 0.351 e. The van der Waals surface area contributed by atoms with E-state index < -0.39 is 11.3 Å². The van der Waals surface area contributed by atoms with Gasteiger partial charge in [-0.25, -0.2) is 9.78 Å². The van der Waals surface area contributed by atoms with Gasteiger partial charge in [0, 0.05) is 5.39 Å². The number of nitrogens with one attached hydrogen (secondary N) is 1. The molecule has 3 amide bonds. The average Bonchev–Trinajstić information content (AvgIpc) is 2.44. The van der Waals surface area contributed by atoms with Crippen molar-refractivity contribution < 1.29 is 9.59 Å². The van der Waals surface area contributed by atoms with E-state index in [0.717, 1.165) is 27.1 Å². The number of aromatic nitrogens is 1. The van der Waals surface area contributed by atoms with E-state index in [9.17, 15) is 9.59 Å². The van der Waals surface area contributed by atoms with E-state index in [1.807, 2.05) is 52.0 Å². The summed E-state index contributed by atoms with van der Waals surface area (Å²) in [6.45, 7) is 7.90. The van der Waals surface area contributed by atoms with Crippen molar-refractivity contribution in [3.8, 4) is 0 Å². The third-order valence-electron chi connectivity index (χ3n) is 3.58. The van der Waals surface area contributed by atoms with Gasteiger partial charge < -0.3 is 5.73 Å². The molecule has 0 fully saturated rings. The van der Waals surface area contributed by atoms with Crippen LogP contribution in [0.25, 0.3) is 10.9 Å². The highest BCUT2D eigenvalue weighted by molar-refractivity contribution is 8.00. The van der Waals surface area contributed by atoms with Gasteiger partial charge in [-0.1, -0.05) is 43.8 Å². The van der Waals surface area contributed by atoms with Gasteiger partial charge in [-0.05, 0) is 37.0 Å². The SMILES string of the molecule is Cc1cc(SC(C(=O)NC(N)=O)C(C)C)nc2c(C)cccc12. The van der Waals surface area contributed by atoms with Crippen LogP contribution in [-0.2, 0) is 4.79 Å². The van der Waals surface area contributed by atoms with Crippen molar-refractivity contribution in [3.63, 3.8) is 0 Å². The molecule has 0 saturated heterocycles. The molecule has 1 aromatic carbocycles. The summed E-state index contributed by atoms with van der Waals surface area (Å²) >= 11 is 1.35. The maximum atomic E-state index is 12.2. The number of nitrogens with zero attached hydrogens (tertiary/aromatic N) is 1. The fraction of sp³-hybridized carbons (Fsp3) is 0.353. The highest BCUT2D eigenvalue weighted by atomic mass is 32.2. The van der Waals surface area contributed by atoms with E-state index in [-0.39, 0.29) is 11.8 Å². The highest BCUT2D eigenvalue weighted by Gasteiger charge is 2.25. The van der Waals surface area contributed by atoms with Gasteiger partial charge in [0.25, 0.3) is 0 Å². The van der Waals surface area contributed by atoms with Crippen molar-refractivity contribution in [3.05, 3.63) is 35.4 Å². The topological polar surface area (TPSA) is 85.1 Å². The number of amides is 3. The molecule has 3 N–H and O–H groups in total. The molecule has 0 bridgehead atoms. The van der Waals surface area contributed by atoms with Crippen molar-refractivity contribution in [2.24, 2.45) is 11.7 Å². The second-order valence-electron chi connectivity index (χ2n) is 5.88. The van der Waals surface area contributed by atoms with Crippen molar-refractivity contribution >= 4 is 34.6 Å². The van der Waals surface area contributed by atoms with Crippen LogP contribution in [0.3, 0.4) is 0 Å². The van der Waals surface area contributed by atoms with Crippen molar-refractivity contribution in [1.82, 2.24) is 10.3 Å². The standard InChI is InChI=1S/C17H21N3O2S/c1-9(2)15(16(21)20-17(18)22)23-13-8-11(4)12-7-5-6-10(3)14(12)19-13/h5-9,15H,1-4H3,(H3,18,20,21,22). The first-order valence-electron chi connectivity index (χ1n) is 7.43. The highest BCUT2D eigenvalue weighted by Crippen LogP contribution is 2.31. The van der Waals surface area contributed by atoms with Gasteiger partial charge in [0.15, 0.2) is 0 Å². The summed E-state index contributed by atoms with van der Waals surface area (Å²) in [5.74, 6) is -0.351. The molecule has 1 unspecified atom stereocenters. The smallest absolute Gasteiger partial charge is 0.318 e. The molecule has 1 atom stereocenters. The summed E-state index contributed by atoms with van der Waals surface area (Å²) in [5.41, 5.74) is 8.19. The van der Waals surface area contributed by atoms with E-state index in [1.54, 1.807) is 0 Å². The number of aryl methyl sites for hydroxylation is 2. The van der Waals surface area contributed by atoms with Crippen LogP contribution in [0.1, 0.15) is 25.0 Å². The summed E-state index contributed by atoms with van der Waals surface area (Å²) < 4.78 is 0. The molecule has 2 rings (SSSR count). The van der Waals surface area contributed by atoms with Crippen molar-refractivity contribution in [2.75, 3.05) is 0 Å². The predicted molar refractivity (Wildman–Crippen MR) is 93.4 cm³/mol. The number of fused-ring (bicyclic) bond motifs is 1. The number of primary amides is 1. The molecule has 0 aliphatic carbocycles. The minimum absolute atomic E-state index is 0.0361. The van der Waals surface area contributed by atoms with Gasteiger partial charge in [-0.2, -0.15) is 0 Å². The summed E-state index contributed by atoms with van der Waals surface area (Å²) in [7, 11) is 0. The Bertz CT molecular complexity index is 759. The molecule has 23 heavy (non-hydrogen) atoms. The molecule has 5 nitrogen and oxygen atoms in total. The Kier molecular flexibility index (Phi) is 5.26. The predicted octanol–water partition coefficient (Wildman–Crippen LogP) is 3.16. The number of rotatable bonds is 4. The minimum Gasteiger partial charge on any atom is -0.351 e. The zero-order valence-electron chi connectivity index (χ0n) is 13.7. The van der Waals surface area contributed by atoms with Crippen molar-refractivity contribution in [2.45, 2.75) is 38.0 Å². The number of benzene rings is 1. The lowest BCUT2D eigenvalue weighted by atomic mass is 10.1. The lowest BCUT2D eigenvalue weighted by Gasteiger charge is -2.19. The summed E-state index contributed by atoms with van der Waals surface area (Å²) in [6.07, 6.45) is 0. The quantitative estimate of drug-likeness (QED) is 0.843. The van der Waals surface area contributed by atoms with Crippen LogP contribution in [-0.4, -0.2) is 22.2 Å². The molecule has 0 aliphatic rings. The van der Waals surface area contributed by atoms with Gasteiger partial charge in [0.05, 0.1) is 15.8 Å². The van der Waals surface area contributed by atoms with E-state index >= 15 is 0 Å². The van der Waals surface area contributed by atoms with Gasteiger partial charge in [0.2, 0.25) is 5.91 Å². The van der Waals surface area contributed by atoms with Crippen LogP contribution in [0.4, 0.5) is 4.79 Å². The second-order valence-corrected chi connectivity index (χ2v) is 7.05. The number of imide groups is 1. The van der Waals surface area contributed by atoms with Crippen LogP contribution in [0.5, 0.6) is 0 Å². The molecule has 6 heteroatoms. The first-order chi connectivity index (χ1) is 10.8. The lowest BCUT2D eigenvalue weighted by Crippen LogP contribution is -2.42. The first kappa shape index (κ1) is 17.3. The minimum atomic E-state index is -0.834. The zero-order chi connectivity index (χ0) is 17.1. The Morgan fingerprint density at radius 1 is 1.22 bits per heavy atom. The molecule has 0 aliphatic heterocycles. The monoisotopic (exact) mass is 331 g/mol. The number of urea groups is 1. The molecule has 122 valence electrons. The van der Waals surface area contributed by atoms with Crippen LogP contribution >= 0.6 is 11.8 Å². The van der Waals surface area contributed by atoms with Crippen LogP contribution in [0.15, 0.2) is 29.3 Å². The molecule has 1 aromatic heterocycles. The van der Waals surface area contributed by atoms with Gasteiger partial charge in [-0.15, -0.1) is 0 Å². The Morgan fingerprint density at radius 3 is 2.52 bits per heavy atom.